The molecule has 1 aliphatic carbocycles. The number of nitrogens with zero attached hydrogens (tertiary/aromatic N) is 3. The Morgan fingerprint density at radius 2 is 1.84 bits per heavy atom. The first-order chi connectivity index (χ1) is 14.9. The van der Waals surface area contributed by atoms with Crippen molar-refractivity contribution in [1.82, 2.24) is 9.24 Å². The number of rotatable bonds is 3. The molecule has 0 radical (unpaired) electrons. The molecule has 1 unspecified atom stereocenters. The Labute approximate surface area is 178 Å². The first kappa shape index (κ1) is 23.6. The van der Waals surface area contributed by atoms with E-state index in [0.717, 1.165) is 19.3 Å². The molecular formula is C19H23F4N5O4. The zero-order valence-corrected chi connectivity index (χ0v) is 17.2. The van der Waals surface area contributed by atoms with Crippen molar-refractivity contribution in [2.45, 2.75) is 38.4 Å². The van der Waals surface area contributed by atoms with Gasteiger partial charge in [0.15, 0.2) is 0 Å². The van der Waals surface area contributed by atoms with Crippen LogP contribution in [0.4, 0.5) is 23.2 Å². The summed E-state index contributed by atoms with van der Waals surface area (Å²) in [5.74, 6) is 2.75. The van der Waals surface area contributed by atoms with Crippen LogP contribution < -0.4 is 27.7 Å². The molecule has 1 aromatic carbocycles. The highest BCUT2D eigenvalue weighted by molar-refractivity contribution is 5.87. The normalized spacial score (nSPS) is 18.6. The third kappa shape index (κ3) is 4.29. The molecule has 0 spiro atoms. The average Bonchev–Trinajstić information content (AvgIpc) is 3.44. The van der Waals surface area contributed by atoms with Gasteiger partial charge in [-0.05, 0) is 44.7 Å². The van der Waals surface area contributed by atoms with Crippen LogP contribution in [-0.2, 0) is 4.79 Å². The number of nitrogen functional groups attached to an aromatic ring is 1. The SMILES string of the molecule is Cc1c(N2CCC(CN)C2)c(F)cc2c(=O)n(N)c(=O)n(C3CC3)c12.O=C(O)C(F)(F)F. The second kappa shape index (κ2) is 8.45. The van der Waals surface area contributed by atoms with Crippen LogP contribution >= 0.6 is 0 Å². The fourth-order valence-corrected chi connectivity index (χ4v) is 3.95. The molecule has 1 aliphatic heterocycles. The number of aromatic nitrogens is 2. The van der Waals surface area contributed by atoms with Crippen LogP contribution in [0.25, 0.3) is 10.9 Å². The van der Waals surface area contributed by atoms with Crippen LogP contribution in [0.1, 0.15) is 30.9 Å². The smallest absolute Gasteiger partial charge is 0.475 e. The Morgan fingerprint density at radius 3 is 2.31 bits per heavy atom. The minimum atomic E-state index is -5.08. The summed E-state index contributed by atoms with van der Waals surface area (Å²) in [6, 6.07) is 1.25. The number of anilines is 1. The lowest BCUT2D eigenvalue weighted by atomic mass is 10.1. The van der Waals surface area contributed by atoms with Crippen molar-refractivity contribution in [3.8, 4) is 0 Å². The summed E-state index contributed by atoms with van der Waals surface area (Å²) in [5.41, 5.74) is 6.14. The van der Waals surface area contributed by atoms with Crippen molar-refractivity contribution in [1.29, 1.82) is 0 Å². The summed E-state index contributed by atoms with van der Waals surface area (Å²) in [7, 11) is 0. The minimum Gasteiger partial charge on any atom is -0.475 e. The topological polar surface area (TPSA) is 137 Å². The fraction of sp³-hybridized carbons (Fsp3) is 0.526. The van der Waals surface area contributed by atoms with Crippen molar-refractivity contribution in [2.75, 3.05) is 30.4 Å². The van der Waals surface area contributed by atoms with E-state index in [1.165, 1.54) is 6.07 Å². The third-order valence-electron chi connectivity index (χ3n) is 5.66. The molecule has 1 saturated heterocycles. The lowest BCUT2D eigenvalue weighted by Crippen LogP contribution is -2.44. The fourth-order valence-electron chi connectivity index (χ4n) is 3.95. The van der Waals surface area contributed by atoms with Gasteiger partial charge >= 0.3 is 17.8 Å². The molecule has 9 nitrogen and oxygen atoms in total. The molecular weight excluding hydrogens is 438 g/mol. The van der Waals surface area contributed by atoms with E-state index in [1.54, 1.807) is 11.5 Å². The van der Waals surface area contributed by atoms with Gasteiger partial charge in [0.05, 0.1) is 16.6 Å². The molecule has 1 saturated carbocycles. The molecule has 32 heavy (non-hydrogen) atoms. The number of nitrogens with two attached hydrogens (primary N) is 2. The van der Waals surface area contributed by atoms with Gasteiger partial charge in [0.1, 0.15) is 5.82 Å². The summed E-state index contributed by atoms with van der Waals surface area (Å²) in [6.07, 6.45) is -2.45. The van der Waals surface area contributed by atoms with Gasteiger partial charge < -0.3 is 21.6 Å². The second-order valence-electron chi connectivity index (χ2n) is 7.93. The van der Waals surface area contributed by atoms with Crippen LogP contribution in [0.15, 0.2) is 15.7 Å². The summed E-state index contributed by atoms with van der Waals surface area (Å²) < 4.78 is 48.8. The minimum absolute atomic E-state index is 0.0257. The summed E-state index contributed by atoms with van der Waals surface area (Å²) in [6.45, 7) is 3.73. The Kier molecular flexibility index (Phi) is 6.22. The van der Waals surface area contributed by atoms with Gasteiger partial charge in [-0.25, -0.2) is 14.0 Å². The Balaban J connectivity index is 0.000000360. The maximum absolute atomic E-state index is 14.9. The molecule has 13 heteroatoms. The average molecular weight is 461 g/mol. The van der Waals surface area contributed by atoms with Gasteiger partial charge in [-0.1, -0.05) is 0 Å². The highest BCUT2D eigenvalue weighted by atomic mass is 19.4. The van der Waals surface area contributed by atoms with E-state index in [2.05, 4.69) is 0 Å². The molecule has 2 fully saturated rings. The Bertz CT molecular complexity index is 1170. The number of hydrogen-bond acceptors (Lipinski definition) is 6. The molecule has 1 aromatic heterocycles. The van der Waals surface area contributed by atoms with Gasteiger partial charge in [0.2, 0.25) is 0 Å². The van der Waals surface area contributed by atoms with Crippen LogP contribution in [0, 0.1) is 18.7 Å². The summed E-state index contributed by atoms with van der Waals surface area (Å²) >= 11 is 0. The first-order valence-electron chi connectivity index (χ1n) is 9.89. The van der Waals surface area contributed by atoms with Gasteiger partial charge in [0.25, 0.3) is 5.56 Å². The zero-order chi connectivity index (χ0) is 24.0. The molecule has 4 rings (SSSR count). The third-order valence-corrected chi connectivity index (χ3v) is 5.66. The summed E-state index contributed by atoms with van der Waals surface area (Å²) in [4.78, 5) is 35.8. The van der Waals surface area contributed by atoms with Crippen molar-refractivity contribution < 1.29 is 27.5 Å². The van der Waals surface area contributed by atoms with E-state index in [-0.39, 0.29) is 11.4 Å². The Hall–Kier alpha value is -3.09. The van der Waals surface area contributed by atoms with Gasteiger partial charge in [0, 0.05) is 24.7 Å². The maximum atomic E-state index is 14.9. The van der Waals surface area contributed by atoms with Crippen LogP contribution in [-0.4, -0.2) is 46.1 Å². The van der Waals surface area contributed by atoms with E-state index < -0.39 is 29.2 Å². The Morgan fingerprint density at radius 1 is 1.25 bits per heavy atom. The number of halogens is 4. The number of alkyl halides is 3. The molecule has 2 heterocycles. The van der Waals surface area contributed by atoms with Crippen LogP contribution in [0.2, 0.25) is 0 Å². The van der Waals surface area contributed by atoms with E-state index in [0.29, 0.717) is 47.0 Å². The number of carboxylic acids is 1. The van der Waals surface area contributed by atoms with E-state index in [4.69, 9.17) is 21.5 Å². The van der Waals surface area contributed by atoms with Crippen molar-refractivity contribution in [3.63, 3.8) is 0 Å². The second-order valence-corrected chi connectivity index (χ2v) is 7.93. The van der Waals surface area contributed by atoms with Crippen LogP contribution in [0.3, 0.4) is 0 Å². The number of benzene rings is 1. The number of aliphatic carboxylic acids is 1. The molecule has 2 aliphatic rings. The van der Waals surface area contributed by atoms with E-state index >= 15 is 0 Å². The van der Waals surface area contributed by atoms with Crippen molar-refractivity contribution >= 4 is 22.6 Å². The monoisotopic (exact) mass is 461 g/mol. The predicted octanol–water partition coefficient (Wildman–Crippen LogP) is 1.08. The first-order valence-corrected chi connectivity index (χ1v) is 9.89. The largest absolute Gasteiger partial charge is 0.490 e. The van der Waals surface area contributed by atoms with Gasteiger partial charge in [-0.2, -0.15) is 17.8 Å². The molecule has 5 N–H and O–H groups in total. The predicted molar refractivity (Wildman–Crippen MR) is 109 cm³/mol. The lowest BCUT2D eigenvalue weighted by molar-refractivity contribution is -0.192. The standard InChI is InChI=1S/C17H22FN5O2.C2HF3O2/c1-9-14-12(16(24)23(20)17(25)22(14)11-2-3-11)6-13(18)15(9)21-5-4-10(7-19)8-21;3-2(4,5)1(6)7/h6,10-11H,2-5,7-8,19-20H2,1H3;(H,6,7). The molecule has 2 aromatic rings. The molecule has 0 bridgehead atoms. The maximum Gasteiger partial charge on any atom is 0.490 e. The van der Waals surface area contributed by atoms with Crippen molar-refractivity contribution in [2.24, 2.45) is 11.7 Å². The van der Waals surface area contributed by atoms with E-state index in [1.807, 2.05) is 4.90 Å². The molecule has 0 amide bonds. The zero-order valence-electron chi connectivity index (χ0n) is 17.2. The quantitative estimate of drug-likeness (QED) is 0.460. The van der Waals surface area contributed by atoms with Gasteiger partial charge in [-0.15, -0.1) is 0 Å². The van der Waals surface area contributed by atoms with Crippen LogP contribution in [0.5, 0.6) is 0 Å². The summed E-state index contributed by atoms with van der Waals surface area (Å²) in [5, 5.41) is 7.28. The molecule has 1 atom stereocenters. The number of aryl methyl sites for hydroxylation is 1. The number of hydrogen-bond donors (Lipinski definition) is 3. The highest BCUT2D eigenvalue weighted by Gasteiger charge is 2.38. The van der Waals surface area contributed by atoms with Gasteiger partial charge in [-0.3, -0.25) is 9.36 Å². The number of carbonyl (C=O) groups is 1. The number of carboxylic acid groups (broad SMARTS) is 1. The lowest BCUT2D eigenvalue weighted by Gasteiger charge is -2.24. The number of fused-ring (bicyclic) bond motifs is 1. The van der Waals surface area contributed by atoms with Crippen molar-refractivity contribution in [3.05, 3.63) is 38.3 Å². The highest BCUT2D eigenvalue weighted by Crippen LogP contribution is 2.39. The van der Waals surface area contributed by atoms with E-state index in [9.17, 15) is 27.2 Å². The molecule has 176 valence electrons.